The van der Waals surface area contributed by atoms with E-state index in [0.29, 0.717) is 0 Å². The lowest BCUT2D eigenvalue weighted by atomic mass is 9.63. The van der Waals surface area contributed by atoms with Gasteiger partial charge in [-0.25, -0.2) is 0 Å². The third-order valence-electron chi connectivity index (χ3n) is 4.82. The molecule has 1 aliphatic rings. The third kappa shape index (κ3) is 3.68. The number of nitrogens with two attached hydrogens (primary N) is 1. The van der Waals surface area contributed by atoms with Gasteiger partial charge >= 0.3 is 7.12 Å². The summed E-state index contributed by atoms with van der Waals surface area (Å²) in [4.78, 5) is 0. The van der Waals surface area contributed by atoms with Crippen molar-refractivity contribution >= 4 is 7.12 Å². The van der Waals surface area contributed by atoms with Crippen LogP contribution in [0.25, 0.3) is 0 Å². The number of hydrogen-bond acceptors (Lipinski definition) is 3. The molecule has 1 fully saturated rings. The zero-order chi connectivity index (χ0) is 15.7. The van der Waals surface area contributed by atoms with Gasteiger partial charge in [0.2, 0.25) is 0 Å². The van der Waals surface area contributed by atoms with Crippen LogP contribution in [0.2, 0.25) is 0 Å². The second kappa shape index (κ2) is 5.75. The van der Waals surface area contributed by atoms with Crippen molar-refractivity contribution in [3.63, 3.8) is 0 Å². The van der Waals surface area contributed by atoms with Gasteiger partial charge < -0.3 is 15.0 Å². The van der Waals surface area contributed by atoms with Crippen molar-refractivity contribution in [3.05, 3.63) is 35.9 Å². The van der Waals surface area contributed by atoms with Crippen molar-refractivity contribution < 1.29 is 9.31 Å². The Balaban J connectivity index is 1.91. The molecule has 1 aliphatic heterocycles. The summed E-state index contributed by atoms with van der Waals surface area (Å²) >= 11 is 0. The second-order valence-corrected chi connectivity index (χ2v) is 7.43. The summed E-state index contributed by atoms with van der Waals surface area (Å²) < 4.78 is 12.2. The summed E-state index contributed by atoms with van der Waals surface area (Å²) in [6, 6.07) is 10.5. The molecule has 2 N–H and O–H groups in total. The van der Waals surface area contributed by atoms with Gasteiger partial charge in [-0.3, -0.25) is 0 Å². The molecule has 0 saturated carbocycles. The average molecular weight is 289 g/mol. The largest absolute Gasteiger partial charge is 0.478 e. The maximum absolute atomic E-state index is 6.48. The Morgan fingerprint density at radius 2 is 1.57 bits per heavy atom. The van der Waals surface area contributed by atoms with Crippen molar-refractivity contribution in [2.45, 2.75) is 70.5 Å². The van der Waals surface area contributed by atoms with E-state index in [9.17, 15) is 0 Å². The molecule has 21 heavy (non-hydrogen) atoms. The fraction of sp³-hybridized carbons (Fsp3) is 0.647. The third-order valence-corrected chi connectivity index (χ3v) is 4.82. The smallest absolute Gasteiger partial charge is 0.402 e. The Bertz CT molecular complexity index is 455. The minimum absolute atomic E-state index is 0.322. The summed E-state index contributed by atoms with van der Waals surface area (Å²) in [6.07, 6.45) is 2.94. The first kappa shape index (κ1) is 16.5. The van der Waals surface area contributed by atoms with Crippen LogP contribution in [0.5, 0.6) is 0 Å². The van der Waals surface area contributed by atoms with E-state index in [4.69, 9.17) is 15.0 Å². The molecule has 0 aromatic heterocycles. The first-order valence-electron chi connectivity index (χ1n) is 7.82. The lowest BCUT2D eigenvalue weighted by molar-refractivity contribution is 0.00578. The van der Waals surface area contributed by atoms with Gasteiger partial charge in [-0.15, -0.1) is 0 Å². The summed E-state index contributed by atoms with van der Waals surface area (Å²) in [5, 5.41) is 0. The van der Waals surface area contributed by atoms with Gasteiger partial charge in [0.15, 0.2) is 0 Å². The van der Waals surface area contributed by atoms with Gasteiger partial charge in [-0.05, 0) is 59.4 Å². The molecular weight excluding hydrogens is 261 g/mol. The topological polar surface area (TPSA) is 44.5 Å². The Labute approximate surface area is 129 Å². The van der Waals surface area contributed by atoms with Crippen LogP contribution >= 0.6 is 0 Å². The van der Waals surface area contributed by atoms with E-state index in [1.807, 2.05) is 13.0 Å². The molecule has 1 atom stereocenters. The summed E-state index contributed by atoms with van der Waals surface area (Å²) in [7, 11) is -0.349. The monoisotopic (exact) mass is 289 g/mol. The van der Waals surface area contributed by atoms with Crippen LogP contribution in [0.15, 0.2) is 30.3 Å². The number of aryl methyl sites for hydroxylation is 1. The quantitative estimate of drug-likeness (QED) is 0.845. The molecule has 0 radical (unpaired) electrons. The van der Waals surface area contributed by atoms with E-state index in [0.717, 1.165) is 19.3 Å². The van der Waals surface area contributed by atoms with E-state index in [2.05, 4.69) is 52.0 Å². The molecule has 0 aliphatic carbocycles. The maximum Gasteiger partial charge on any atom is 0.478 e. The zero-order valence-corrected chi connectivity index (χ0v) is 14.0. The van der Waals surface area contributed by atoms with Gasteiger partial charge in [0.25, 0.3) is 0 Å². The Morgan fingerprint density at radius 1 is 1.05 bits per heavy atom. The molecular formula is C17H28BNO2. The summed E-state index contributed by atoms with van der Waals surface area (Å²) in [5.74, 6) is 0. The number of benzene rings is 1. The standard InChI is InChI=1S/C17H28BNO2/c1-15(2)16(3,4)21-18(20-15)17(5,19)13-9-12-14-10-7-6-8-11-14/h6-8,10-11H,9,12-13,19H2,1-5H3/t17-/m0/s1. The minimum atomic E-state index is -0.472. The highest BCUT2D eigenvalue weighted by Crippen LogP contribution is 2.39. The van der Waals surface area contributed by atoms with Crippen molar-refractivity contribution in [2.24, 2.45) is 5.73 Å². The zero-order valence-electron chi connectivity index (χ0n) is 14.0. The highest BCUT2D eigenvalue weighted by molar-refractivity contribution is 6.49. The van der Waals surface area contributed by atoms with E-state index >= 15 is 0 Å². The summed E-state index contributed by atoms with van der Waals surface area (Å²) in [5.41, 5.74) is 6.71. The molecule has 116 valence electrons. The Morgan fingerprint density at radius 3 is 2.10 bits per heavy atom. The van der Waals surface area contributed by atoms with Crippen molar-refractivity contribution in [1.82, 2.24) is 0 Å². The van der Waals surface area contributed by atoms with E-state index in [-0.39, 0.29) is 18.3 Å². The normalized spacial score (nSPS) is 23.0. The molecule has 0 unspecified atom stereocenters. The SMILES string of the molecule is CC1(C)OB([C@@](C)(N)CCCc2ccccc2)OC1(C)C. The van der Waals surface area contributed by atoms with Crippen LogP contribution < -0.4 is 5.73 Å². The predicted octanol–water partition coefficient (Wildman–Crippen LogP) is 3.36. The van der Waals surface area contributed by atoms with Crippen LogP contribution in [0.3, 0.4) is 0 Å². The number of hydrogen-bond donors (Lipinski definition) is 1. The molecule has 1 aromatic rings. The fourth-order valence-corrected chi connectivity index (χ4v) is 2.55. The van der Waals surface area contributed by atoms with Crippen LogP contribution in [0.4, 0.5) is 0 Å². The van der Waals surface area contributed by atoms with E-state index in [1.165, 1.54) is 5.56 Å². The molecule has 2 rings (SSSR count). The van der Waals surface area contributed by atoms with Crippen molar-refractivity contribution in [3.8, 4) is 0 Å². The van der Waals surface area contributed by atoms with Crippen LogP contribution in [-0.4, -0.2) is 23.8 Å². The van der Waals surface area contributed by atoms with Crippen LogP contribution in [-0.2, 0) is 15.7 Å². The highest BCUT2D eigenvalue weighted by Gasteiger charge is 2.56. The van der Waals surface area contributed by atoms with E-state index < -0.39 is 5.44 Å². The molecule has 3 nitrogen and oxygen atoms in total. The molecule has 4 heteroatoms. The van der Waals surface area contributed by atoms with Crippen molar-refractivity contribution in [2.75, 3.05) is 0 Å². The van der Waals surface area contributed by atoms with Gasteiger partial charge in [-0.1, -0.05) is 30.3 Å². The van der Waals surface area contributed by atoms with Gasteiger partial charge in [0.05, 0.1) is 11.2 Å². The van der Waals surface area contributed by atoms with E-state index in [1.54, 1.807) is 0 Å². The maximum atomic E-state index is 6.48. The Hall–Kier alpha value is -0.835. The average Bonchev–Trinajstić information content (AvgIpc) is 2.60. The molecule has 0 bridgehead atoms. The van der Waals surface area contributed by atoms with Gasteiger partial charge in [0.1, 0.15) is 0 Å². The molecule has 1 heterocycles. The summed E-state index contributed by atoms with van der Waals surface area (Å²) in [6.45, 7) is 10.3. The molecule has 0 spiro atoms. The van der Waals surface area contributed by atoms with Crippen LogP contribution in [0.1, 0.15) is 53.0 Å². The lowest BCUT2D eigenvalue weighted by Gasteiger charge is -2.32. The molecule has 0 amide bonds. The highest BCUT2D eigenvalue weighted by atomic mass is 16.7. The second-order valence-electron chi connectivity index (χ2n) is 7.43. The Kier molecular flexibility index (Phi) is 4.53. The van der Waals surface area contributed by atoms with Crippen LogP contribution in [0, 0.1) is 0 Å². The van der Waals surface area contributed by atoms with Crippen molar-refractivity contribution in [1.29, 1.82) is 0 Å². The number of rotatable bonds is 5. The predicted molar refractivity (Wildman–Crippen MR) is 88.1 cm³/mol. The molecule has 1 aromatic carbocycles. The first-order valence-corrected chi connectivity index (χ1v) is 7.82. The van der Waals surface area contributed by atoms with Gasteiger partial charge in [0, 0.05) is 5.44 Å². The fourth-order valence-electron chi connectivity index (χ4n) is 2.55. The first-order chi connectivity index (χ1) is 9.64. The lowest BCUT2D eigenvalue weighted by Crippen LogP contribution is -2.53. The molecule has 1 saturated heterocycles. The van der Waals surface area contributed by atoms with Gasteiger partial charge in [-0.2, -0.15) is 0 Å². The minimum Gasteiger partial charge on any atom is -0.402 e.